The van der Waals surface area contributed by atoms with Gasteiger partial charge in [0.1, 0.15) is 5.60 Å². The van der Waals surface area contributed by atoms with E-state index in [9.17, 15) is 9.59 Å². The Morgan fingerprint density at radius 1 is 1.38 bits per heavy atom. The summed E-state index contributed by atoms with van der Waals surface area (Å²) in [6.45, 7) is 8.79. The lowest BCUT2D eigenvalue weighted by molar-refractivity contribution is -0.154. The minimum atomic E-state index is -0.770. The first kappa shape index (κ1) is 17.9. The predicted molar refractivity (Wildman–Crippen MR) is 80.1 cm³/mol. The number of likely N-dealkylation sites (tertiary alicyclic amines) is 1. The van der Waals surface area contributed by atoms with E-state index in [-0.39, 0.29) is 12.5 Å². The number of carbonyl (C=O) groups is 2. The highest BCUT2D eigenvalue weighted by Crippen LogP contribution is 2.15. The summed E-state index contributed by atoms with van der Waals surface area (Å²) >= 11 is 0. The summed E-state index contributed by atoms with van der Waals surface area (Å²) in [5.74, 6) is -0.503. The van der Waals surface area contributed by atoms with Crippen LogP contribution in [0.25, 0.3) is 0 Å². The summed E-state index contributed by atoms with van der Waals surface area (Å²) in [5.41, 5.74) is -0.433. The lowest BCUT2D eigenvalue weighted by Crippen LogP contribution is -2.42. The van der Waals surface area contributed by atoms with Crippen molar-refractivity contribution in [1.82, 2.24) is 10.2 Å². The molecule has 1 fully saturated rings. The van der Waals surface area contributed by atoms with Crippen LogP contribution in [0.2, 0.25) is 0 Å². The first-order chi connectivity index (χ1) is 9.76. The number of aliphatic carboxylic acids is 1. The Morgan fingerprint density at radius 2 is 2.10 bits per heavy atom. The maximum Gasteiger partial charge on any atom is 0.317 e. The molecular weight excluding hydrogens is 272 g/mol. The molecule has 0 bridgehead atoms. The molecule has 0 radical (unpaired) electrons. The van der Waals surface area contributed by atoms with Crippen LogP contribution in [0, 0.1) is 5.92 Å². The smallest absolute Gasteiger partial charge is 0.317 e. The maximum atomic E-state index is 11.5. The van der Waals surface area contributed by atoms with Crippen LogP contribution in [0.3, 0.4) is 0 Å². The number of carboxylic acids is 1. The number of carboxylic acid groups (broad SMARTS) is 1. The third-order valence-electron chi connectivity index (χ3n) is 3.32. The standard InChI is InChI=1S/C15H28N2O4/c1-15(2,3)21-14(20)6-7-16-9-12-5-4-8-17(10-12)11-13(18)19/h12,16H,4-11H2,1-3H3,(H,18,19). The Labute approximate surface area is 126 Å². The Bertz CT molecular complexity index is 352. The molecule has 0 amide bonds. The molecule has 122 valence electrons. The molecule has 0 aromatic carbocycles. The van der Waals surface area contributed by atoms with Gasteiger partial charge in [-0.3, -0.25) is 14.5 Å². The maximum absolute atomic E-state index is 11.5. The van der Waals surface area contributed by atoms with Gasteiger partial charge in [0.2, 0.25) is 0 Å². The normalized spacial score (nSPS) is 20.2. The monoisotopic (exact) mass is 300 g/mol. The molecule has 0 saturated carbocycles. The molecule has 0 aromatic heterocycles. The van der Waals surface area contributed by atoms with Crippen LogP contribution in [0.1, 0.15) is 40.0 Å². The second-order valence-electron chi connectivity index (χ2n) is 6.68. The largest absolute Gasteiger partial charge is 0.480 e. The Morgan fingerprint density at radius 3 is 2.71 bits per heavy atom. The quantitative estimate of drug-likeness (QED) is 0.541. The highest BCUT2D eigenvalue weighted by molar-refractivity contribution is 5.70. The topological polar surface area (TPSA) is 78.9 Å². The number of piperidine rings is 1. The van der Waals surface area contributed by atoms with Gasteiger partial charge in [-0.15, -0.1) is 0 Å². The molecule has 1 saturated heterocycles. The van der Waals surface area contributed by atoms with Crippen LogP contribution >= 0.6 is 0 Å². The van der Waals surface area contributed by atoms with Crippen molar-refractivity contribution in [3.8, 4) is 0 Å². The number of rotatable bonds is 7. The molecule has 0 spiro atoms. The number of ether oxygens (including phenoxy) is 1. The fourth-order valence-electron chi connectivity index (χ4n) is 2.54. The fourth-order valence-corrected chi connectivity index (χ4v) is 2.54. The lowest BCUT2D eigenvalue weighted by atomic mass is 9.98. The molecule has 0 aromatic rings. The van der Waals surface area contributed by atoms with Crippen LogP contribution in [0.15, 0.2) is 0 Å². The molecule has 6 heteroatoms. The summed E-state index contributed by atoms with van der Waals surface area (Å²) in [4.78, 5) is 24.2. The van der Waals surface area contributed by atoms with Crippen LogP contribution in [0.4, 0.5) is 0 Å². The summed E-state index contributed by atoms with van der Waals surface area (Å²) in [6, 6.07) is 0. The fraction of sp³-hybridized carbons (Fsp3) is 0.867. The number of nitrogens with one attached hydrogen (secondary N) is 1. The minimum absolute atomic E-state index is 0.119. The van der Waals surface area contributed by atoms with E-state index in [1.54, 1.807) is 0 Å². The molecule has 1 aliphatic heterocycles. The van der Waals surface area contributed by atoms with E-state index in [1.165, 1.54) is 0 Å². The van der Waals surface area contributed by atoms with E-state index in [2.05, 4.69) is 5.32 Å². The predicted octanol–water partition coefficient (Wildman–Crippen LogP) is 1.10. The molecular formula is C15H28N2O4. The van der Waals surface area contributed by atoms with Crippen molar-refractivity contribution in [2.75, 3.05) is 32.7 Å². The van der Waals surface area contributed by atoms with Gasteiger partial charge in [0.15, 0.2) is 0 Å². The van der Waals surface area contributed by atoms with Crippen LogP contribution < -0.4 is 5.32 Å². The van der Waals surface area contributed by atoms with E-state index < -0.39 is 11.6 Å². The zero-order valence-corrected chi connectivity index (χ0v) is 13.4. The average Bonchev–Trinajstić information content (AvgIpc) is 2.32. The minimum Gasteiger partial charge on any atom is -0.480 e. The van der Waals surface area contributed by atoms with Crippen molar-refractivity contribution < 1.29 is 19.4 Å². The van der Waals surface area contributed by atoms with Gasteiger partial charge in [-0.05, 0) is 52.6 Å². The number of carbonyl (C=O) groups excluding carboxylic acids is 1. The molecule has 1 heterocycles. The van der Waals surface area contributed by atoms with Crippen LogP contribution in [-0.4, -0.2) is 60.3 Å². The third-order valence-corrected chi connectivity index (χ3v) is 3.32. The number of hydrogen-bond donors (Lipinski definition) is 2. The van der Waals surface area contributed by atoms with E-state index in [0.29, 0.717) is 18.9 Å². The molecule has 1 aliphatic rings. The van der Waals surface area contributed by atoms with Gasteiger partial charge in [-0.25, -0.2) is 0 Å². The van der Waals surface area contributed by atoms with Crippen molar-refractivity contribution >= 4 is 11.9 Å². The number of nitrogens with zero attached hydrogens (tertiary/aromatic N) is 1. The van der Waals surface area contributed by atoms with Gasteiger partial charge in [-0.2, -0.15) is 0 Å². The van der Waals surface area contributed by atoms with Gasteiger partial charge in [-0.1, -0.05) is 0 Å². The Kier molecular flexibility index (Phi) is 7.11. The van der Waals surface area contributed by atoms with E-state index >= 15 is 0 Å². The van der Waals surface area contributed by atoms with Gasteiger partial charge in [0, 0.05) is 13.1 Å². The average molecular weight is 300 g/mol. The van der Waals surface area contributed by atoms with Crippen molar-refractivity contribution in [1.29, 1.82) is 0 Å². The summed E-state index contributed by atoms with van der Waals surface area (Å²) in [7, 11) is 0. The van der Waals surface area contributed by atoms with Crippen molar-refractivity contribution in [3.05, 3.63) is 0 Å². The molecule has 1 atom stereocenters. The first-order valence-electron chi connectivity index (χ1n) is 7.63. The van der Waals surface area contributed by atoms with Gasteiger partial charge in [0.25, 0.3) is 0 Å². The SMILES string of the molecule is CC(C)(C)OC(=O)CCNCC1CCCN(CC(=O)O)C1. The second kappa shape index (κ2) is 8.34. The van der Waals surface area contributed by atoms with Crippen LogP contribution in [0.5, 0.6) is 0 Å². The molecule has 6 nitrogen and oxygen atoms in total. The van der Waals surface area contributed by atoms with E-state index in [1.807, 2.05) is 25.7 Å². The number of esters is 1. The second-order valence-corrected chi connectivity index (χ2v) is 6.68. The molecule has 2 N–H and O–H groups in total. The Balaban J connectivity index is 2.15. The first-order valence-corrected chi connectivity index (χ1v) is 7.63. The van der Waals surface area contributed by atoms with E-state index in [4.69, 9.17) is 9.84 Å². The lowest BCUT2D eigenvalue weighted by Gasteiger charge is -2.31. The van der Waals surface area contributed by atoms with Gasteiger partial charge in [0.05, 0.1) is 13.0 Å². The molecule has 1 unspecified atom stereocenters. The summed E-state index contributed by atoms with van der Waals surface area (Å²) < 4.78 is 5.24. The van der Waals surface area contributed by atoms with Crippen molar-refractivity contribution in [3.63, 3.8) is 0 Å². The zero-order chi connectivity index (χ0) is 15.9. The summed E-state index contributed by atoms with van der Waals surface area (Å²) in [5, 5.41) is 12.1. The van der Waals surface area contributed by atoms with Gasteiger partial charge >= 0.3 is 11.9 Å². The number of hydrogen-bond acceptors (Lipinski definition) is 5. The van der Waals surface area contributed by atoms with Crippen LogP contribution in [-0.2, 0) is 14.3 Å². The zero-order valence-electron chi connectivity index (χ0n) is 13.4. The third kappa shape index (κ3) is 8.67. The molecule has 1 rings (SSSR count). The Hall–Kier alpha value is -1.14. The molecule has 21 heavy (non-hydrogen) atoms. The molecule has 0 aliphatic carbocycles. The summed E-state index contributed by atoms with van der Waals surface area (Å²) in [6.07, 6.45) is 2.50. The van der Waals surface area contributed by atoms with E-state index in [0.717, 1.165) is 32.5 Å². The highest BCUT2D eigenvalue weighted by Gasteiger charge is 2.21. The van der Waals surface area contributed by atoms with Gasteiger partial charge < -0.3 is 15.2 Å². The van der Waals surface area contributed by atoms with Crippen molar-refractivity contribution in [2.45, 2.75) is 45.6 Å². The highest BCUT2D eigenvalue weighted by atomic mass is 16.6. The van der Waals surface area contributed by atoms with Crippen molar-refractivity contribution in [2.24, 2.45) is 5.92 Å².